The fraction of sp³-hybridized carbons (Fsp3) is 0.500. The summed E-state index contributed by atoms with van der Waals surface area (Å²) in [5.74, 6) is -0.398. The van der Waals surface area contributed by atoms with Crippen LogP contribution in [0, 0.1) is 0 Å². The highest BCUT2D eigenvalue weighted by atomic mass is 32.2. The quantitative estimate of drug-likeness (QED) is 0.695. The highest BCUT2D eigenvalue weighted by Gasteiger charge is 2.20. The summed E-state index contributed by atoms with van der Waals surface area (Å²) in [6.45, 7) is 0.0608. The molecule has 0 aromatic carbocycles. The lowest BCUT2D eigenvalue weighted by atomic mass is 10.1. The second kappa shape index (κ2) is 7.62. The second-order valence-electron chi connectivity index (χ2n) is 5.01. The molecule has 1 atom stereocenters. The van der Waals surface area contributed by atoms with Crippen LogP contribution in [0.1, 0.15) is 18.0 Å². The van der Waals surface area contributed by atoms with Crippen LogP contribution in [0.2, 0.25) is 0 Å². The molecule has 0 bridgehead atoms. The highest BCUT2D eigenvalue weighted by molar-refractivity contribution is 7.89. The Morgan fingerprint density at radius 3 is 2.83 bits per heavy atom. The van der Waals surface area contributed by atoms with E-state index in [2.05, 4.69) is 20.8 Å². The standard InChI is InChI=1S/C12H18N6O3S2/c1-17(2)23(20,21)6-4-13-12(19)7-11(10-3-5-22-8-10)18-9-14-15-16-18/h3,5,8-9,11H,4,6-7H2,1-2H3,(H,13,19). The van der Waals surface area contributed by atoms with E-state index in [1.807, 2.05) is 16.8 Å². The first kappa shape index (κ1) is 17.5. The molecule has 1 amide bonds. The van der Waals surface area contributed by atoms with E-state index < -0.39 is 10.0 Å². The fourth-order valence-corrected chi connectivity index (χ4v) is 3.32. The molecule has 2 heterocycles. The number of hydrogen-bond donors (Lipinski definition) is 1. The van der Waals surface area contributed by atoms with Gasteiger partial charge in [0.15, 0.2) is 0 Å². The van der Waals surface area contributed by atoms with Crippen molar-refractivity contribution < 1.29 is 13.2 Å². The van der Waals surface area contributed by atoms with Gasteiger partial charge in [-0.15, -0.1) is 5.10 Å². The van der Waals surface area contributed by atoms with E-state index in [0.29, 0.717) is 0 Å². The number of carbonyl (C=O) groups excluding carboxylic acids is 1. The van der Waals surface area contributed by atoms with Crippen molar-refractivity contribution in [2.45, 2.75) is 12.5 Å². The van der Waals surface area contributed by atoms with Gasteiger partial charge in [0.05, 0.1) is 18.2 Å². The van der Waals surface area contributed by atoms with Crippen molar-refractivity contribution in [3.8, 4) is 0 Å². The summed E-state index contributed by atoms with van der Waals surface area (Å²) >= 11 is 1.52. The molecule has 0 saturated heterocycles. The van der Waals surface area contributed by atoms with Crippen molar-refractivity contribution in [2.75, 3.05) is 26.4 Å². The zero-order chi connectivity index (χ0) is 16.9. The molecule has 2 rings (SSSR count). The van der Waals surface area contributed by atoms with Crippen LogP contribution in [0.25, 0.3) is 0 Å². The third-order valence-electron chi connectivity index (χ3n) is 3.23. The molecule has 0 radical (unpaired) electrons. The molecule has 1 unspecified atom stereocenters. The molecule has 0 aliphatic heterocycles. The molecule has 23 heavy (non-hydrogen) atoms. The van der Waals surface area contributed by atoms with E-state index in [1.165, 1.54) is 36.4 Å². The van der Waals surface area contributed by atoms with Crippen molar-refractivity contribution in [1.29, 1.82) is 0 Å². The number of carbonyl (C=O) groups is 1. The van der Waals surface area contributed by atoms with Crippen LogP contribution in [0.3, 0.4) is 0 Å². The number of hydrogen-bond acceptors (Lipinski definition) is 7. The van der Waals surface area contributed by atoms with Gasteiger partial charge < -0.3 is 5.32 Å². The Morgan fingerprint density at radius 2 is 2.26 bits per heavy atom. The van der Waals surface area contributed by atoms with E-state index in [0.717, 1.165) is 9.87 Å². The summed E-state index contributed by atoms with van der Waals surface area (Å²) in [6.07, 6.45) is 1.58. The number of tetrazole rings is 1. The van der Waals surface area contributed by atoms with Crippen LogP contribution in [0.5, 0.6) is 0 Å². The minimum atomic E-state index is -3.33. The number of rotatable bonds is 8. The largest absolute Gasteiger partial charge is 0.355 e. The van der Waals surface area contributed by atoms with Crippen LogP contribution in [0.4, 0.5) is 0 Å². The van der Waals surface area contributed by atoms with Gasteiger partial charge in [0.25, 0.3) is 0 Å². The lowest BCUT2D eigenvalue weighted by Gasteiger charge is -2.15. The first-order valence-corrected chi connectivity index (χ1v) is 9.37. The highest BCUT2D eigenvalue weighted by Crippen LogP contribution is 2.22. The van der Waals surface area contributed by atoms with Crippen LogP contribution < -0.4 is 5.32 Å². The molecular formula is C12H18N6O3S2. The van der Waals surface area contributed by atoms with E-state index in [4.69, 9.17) is 0 Å². The second-order valence-corrected chi connectivity index (χ2v) is 8.10. The molecule has 1 N–H and O–H groups in total. The fourth-order valence-electron chi connectivity index (χ4n) is 1.89. The molecule has 0 fully saturated rings. The van der Waals surface area contributed by atoms with Gasteiger partial charge >= 0.3 is 0 Å². The summed E-state index contributed by atoms with van der Waals surface area (Å²) in [7, 11) is -0.406. The number of thiophene rings is 1. The molecule has 126 valence electrons. The zero-order valence-electron chi connectivity index (χ0n) is 12.8. The van der Waals surface area contributed by atoms with Crippen molar-refractivity contribution >= 4 is 27.3 Å². The predicted molar refractivity (Wildman–Crippen MR) is 85.4 cm³/mol. The average Bonchev–Trinajstić information content (AvgIpc) is 3.18. The number of amides is 1. The summed E-state index contributed by atoms with van der Waals surface area (Å²) in [6, 6.07) is 1.59. The van der Waals surface area contributed by atoms with Crippen LogP contribution in [-0.4, -0.2) is 65.2 Å². The van der Waals surface area contributed by atoms with E-state index >= 15 is 0 Å². The molecule has 2 aromatic rings. The summed E-state index contributed by atoms with van der Waals surface area (Å²) < 4.78 is 26.0. The maximum atomic E-state index is 12.1. The Kier molecular flexibility index (Phi) is 5.80. The molecule has 0 aliphatic carbocycles. The van der Waals surface area contributed by atoms with E-state index in [9.17, 15) is 13.2 Å². The Labute approximate surface area is 138 Å². The molecule has 9 nitrogen and oxygen atoms in total. The van der Waals surface area contributed by atoms with Gasteiger partial charge in [0.1, 0.15) is 6.33 Å². The number of nitrogens with one attached hydrogen (secondary N) is 1. The Morgan fingerprint density at radius 1 is 1.48 bits per heavy atom. The zero-order valence-corrected chi connectivity index (χ0v) is 14.4. The van der Waals surface area contributed by atoms with Gasteiger partial charge in [-0.1, -0.05) is 0 Å². The normalized spacial score (nSPS) is 13.2. The maximum Gasteiger partial charge on any atom is 0.222 e. The number of sulfonamides is 1. The minimum Gasteiger partial charge on any atom is -0.355 e. The Bertz CT molecular complexity index is 678. The van der Waals surface area contributed by atoms with Gasteiger partial charge in [-0.3, -0.25) is 4.79 Å². The molecule has 0 spiro atoms. The third-order valence-corrected chi connectivity index (χ3v) is 5.76. The van der Waals surface area contributed by atoms with E-state index in [-0.39, 0.29) is 30.7 Å². The number of aromatic nitrogens is 4. The minimum absolute atomic E-state index is 0.0608. The SMILES string of the molecule is CN(C)S(=O)(=O)CCNC(=O)CC(c1ccsc1)n1cnnn1. The predicted octanol–water partition coefficient (Wildman–Crippen LogP) is -0.278. The molecule has 11 heteroatoms. The van der Waals surface area contributed by atoms with Crippen molar-refractivity contribution in [2.24, 2.45) is 0 Å². The van der Waals surface area contributed by atoms with Crippen molar-refractivity contribution in [3.63, 3.8) is 0 Å². The Balaban J connectivity index is 1.94. The van der Waals surface area contributed by atoms with Gasteiger partial charge in [-0.05, 0) is 32.8 Å². The average molecular weight is 358 g/mol. The molecule has 0 saturated carbocycles. The molecule has 0 aliphatic rings. The van der Waals surface area contributed by atoms with Gasteiger partial charge in [-0.25, -0.2) is 17.4 Å². The van der Waals surface area contributed by atoms with Crippen molar-refractivity contribution in [3.05, 3.63) is 28.7 Å². The van der Waals surface area contributed by atoms with Gasteiger partial charge in [-0.2, -0.15) is 11.3 Å². The molecule has 2 aromatic heterocycles. The van der Waals surface area contributed by atoms with Crippen LogP contribution in [0.15, 0.2) is 23.2 Å². The van der Waals surface area contributed by atoms with Gasteiger partial charge in [0, 0.05) is 20.6 Å². The van der Waals surface area contributed by atoms with Crippen LogP contribution in [-0.2, 0) is 14.8 Å². The third kappa shape index (κ3) is 4.81. The van der Waals surface area contributed by atoms with Gasteiger partial charge in [0.2, 0.25) is 15.9 Å². The summed E-state index contributed by atoms with van der Waals surface area (Å²) in [5.41, 5.74) is 0.929. The van der Waals surface area contributed by atoms with Crippen molar-refractivity contribution in [1.82, 2.24) is 29.8 Å². The smallest absolute Gasteiger partial charge is 0.222 e. The Hall–Kier alpha value is -1.85. The topological polar surface area (TPSA) is 110 Å². The maximum absolute atomic E-state index is 12.1. The summed E-state index contributed by atoms with van der Waals surface area (Å²) in [5, 5.41) is 17.5. The first-order chi connectivity index (χ1) is 10.9. The first-order valence-electron chi connectivity index (χ1n) is 6.81. The molecular weight excluding hydrogens is 340 g/mol. The number of nitrogens with zero attached hydrogens (tertiary/aromatic N) is 5. The lowest BCUT2D eigenvalue weighted by molar-refractivity contribution is -0.121. The monoisotopic (exact) mass is 358 g/mol. The lowest BCUT2D eigenvalue weighted by Crippen LogP contribution is -2.34. The van der Waals surface area contributed by atoms with Crippen LogP contribution >= 0.6 is 11.3 Å². The summed E-state index contributed by atoms with van der Waals surface area (Å²) in [4.78, 5) is 12.1. The van der Waals surface area contributed by atoms with E-state index in [1.54, 1.807) is 0 Å².